The number of nitrogens with zero attached hydrogens (tertiary/aromatic N) is 3. The molecule has 2 aromatic heterocycles. The maximum absolute atomic E-state index is 12.2. The van der Waals surface area contributed by atoms with Gasteiger partial charge in [-0.05, 0) is 35.4 Å². The molecule has 0 radical (unpaired) electrons. The Labute approximate surface area is 193 Å². The maximum atomic E-state index is 12.2. The predicted octanol–water partition coefficient (Wildman–Crippen LogP) is 4.02. The topological polar surface area (TPSA) is 79.4 Å². The number of likely N-dealkylation sites (tertiary alicyclic amines) is 1. The molecule has 1 aliphatic carbocycles. The molecule has 0 atom stereocenters. The van der Waals surface area contributed by atoms with E-state index in [-0.39, 0.29) is 11.8 Å². The zero-order valence-corrected chi connectivity index (χ0v) is 19.0. The first-order valence-corrected chi connectivity index (χ1v) is 11.4. The zero-order valence-electron chi connectivity index (χ0n) is 19.0. The SMILES string of the molecule is CNc1ncc(/C=C/c2ccc(CN3CC(OC)C3)cc2)c2cc(NC(=O)C3CC3)ncc12. The molecule has 170 valence electrons. The van der Waals surface area contributed by atoms with E-state index in [1.807, 2.05) is 19.3 Å². The number of aromatic nitrogens is 2. The first kappa shape index (κ1) is 21.6. The van der Waals surface area contributed by atoms with Crippen LogP contribution in [0.1, 0.15) is 29.5 Å². The molecule has 7 nitrogen and oxygen atoms in total. The van der Waals surface area contributed by atoms with Gasteiger partial charge in [-0.1, -0.05) is 36.4 Å². The number of hydrogen-bond acceptors (Lipinski definition) is 6. The van der Waals surface area contributed by atoms with Crippen molar-refractivity contribution in [1.82, 2.24) is 14.9 Å². The van der Waals surface area contributed by atoms with Crippen molar-refractivity contribution in [3.63, 3.8) is 0 Å². The summed E-state index contributed by atoms with van der Waals surface area (Å²) in [5.41, 5.74) is 3.40. The number of ether oxygens (including phenoxy) is 1. The smallest absolute Gasteiger partial charge is 0.228 e. The zero-order chi connectivity index (χ0) is 22.8. The van der Waals surface area contributed by atoms with Gasteiger partial charge >= 0.3 is 0 Å². The predicted molar refractivity (Wildman–Crippen MR) is 132 cm³/mol. The molecular formula is C26H29N5O2. The van der Waals surface area contributed by atoms with Crippen LogP contribution in [-0.2, 0) is 16.1 Å². The van der Waals surface area contributed by atoms with E-state index in [0.717, 1.165) is 60.2 Å². The van der Waals surface area contributed by atoms with Crippen LogP contribution in [0.15, 0.2) is 42.7 Å². The first-order valence-electron chi connectivity index (χ1n) is 11.4. The van der Waals surface area contributed by atoms with Crippen molar-refractivity contribution in [2.24, 2.45) is 5.92 Å². The van der Waals surface area contributed by atoms with Crippen LogP contribution in [0, 0.1) is 5.92 Å². The van der Waals surface area contributed by atoms with Gasteiger partial charge in [-0.25, -0.2) is 9.97 Å². The van der Waals surface area contributed by atoms with Crippen LogP contribution in [0.3, 0.4) is 0 Å². The highest BCUT2D eigenvalue weighted by atomic mass is 16.5. The second-order valence-corrected chi connectivity index (χ2v) is 8.82. The Morgan fingerprint density at radius 2 is 1.91 bits per heavy atom. The van der Waals surface area contributed by atoms with E-state index in [4.69, 9.17) is 4.74 Å². The molecule has 1 saturated heterocycles. The number of amides is 1. The standard InChI is InChI=1S/C26H29N5O2/c1-27-25-23-13-28-24(30-26(32)19-9-10-19)11-22(23)20(12-29-25)8-7-17-3-5-18(6-4-17)14-31-15-21(16-31)33-2/h3-8,11-13,19,21H,9-10,14-16H2,1-2H3,(H,27,29)(H,28,30,32)/b8-7+. The van der Waals surface area contributed by atoms with Gasteiger partial charge in [-0.2, -0.15) is 0 Å². The minimum atomic E-state index is 0.0536. The Bertz CT molecular complexity index is 1180. The fourth-order valence-corrected chi connectivity index (χ4v) is 4.11. The van der Waals surface area contributed by atoms with Gasteiger partial charge in [0.2, 0.25) is 5.91 Å². The van der Waals surface area contributed by atoms with E-state index in [9.17, 15) is 4.79 Å². The average Bonchev–Trinajstić information content (AvgIpc) is 3.66. The third-order valence-corrected chi connectivity index (χ3v) is 6.34. The molecule has 0 unspecified atom stereocenters. The molecule has 2 N–H and O–H groups in total. The van der Waals surface area contributed by atoms with Crippen molar-refractivity contribution in [2.45, 2.75) is 25.5 Å². The Morgan fingerprint density at radius 1 is 1.12 bits per heavy atom. The molecule has 1 aliphatic heterocycles. The van der Waals surface area contributed by atoms with Crippen molar-refractivity contribution in [2.75, 3.05) is 37.9 Å². The Hall–Kier alpha value is -3.29. The van der Waals surface area contributed by atoms with Gasteiger partial charge in [0.15, 0.2) is 0 Å². The van der Waals surface area contributed by atoms with Gasteiger partial charge in [0.1, 0.15) is 11.6 Å². The third kappa shape index (κ3) is 4.89. The van der Waals surface area contributed by atoms with Crippen LogP contribution in [0.4, 0.5) is 11.6 Å². The Kier molecular flexibility index (Phi) is 6.07. The van der Waals surface area contributed by atoms with Crippen molar-refractivity contribution in [3.8, 4) is 0 Å². The first-order chi connectivity index (χ1) is 16.1. The number of anilines is 2. The molecule has 33 heavy (non-hydrogen) atoms. The molecule has 3 heterocycles. The summed E-state index contributed by atoms with van der Waals surface area (Å²) in [4.78, 5) is 23.5. The number of rotatable bonds is 8. The van der Waals surface area contributed by atoms with Crippen molar-refractivity contribution < 1.29 is 9.53 Å². The van der Waals surface area contributed by atoms with E-state index in [0.29, 0.717) is 11.9 Å². The van der Waals surface area contributed by atoms with Crippen LogP contribution in [-0.4, -0.2) is 54.1 Å². The van der Waals surface area contributed by atoms with Gasteiger partial charge < -0.3 is 15.4 Å². The number of nitrogens with one attached hydrogen (secondary N) is 2. The number of methoxy groups -OCH3 is 1. The van der Waals surface area contributed by atoms with Gasteiger partial charge in [-0.15, -0.1) is 0 Å². The number of carbonyl (C=O) groups excluding carboxylic acids is 1. The summed E-state index contributed by atoms with van der Waals surface area (Å²) >= 11 is 0. The monoisotopic (exact) mass is 443 g/mol. The number of carbonyl (C=O) groups is 1. The van der Waals surface area contributed by atoms with Crippen molar-refractivity contribution in [3.05, 3.63) is 59.4 Å². The highest BCUT2D eigenvalue weighted by Crippen LogP contribution is 2.31. The van der Waals surface area contributed by atoms with Crippen LogP contribution in [0.5, 0.6) is 0 Å². The van der Waals surface area contributed by atoms with Crippen LogP contribution < -0.4 is 10.6 Å². The summed E-state index contributed by atoms with van der Waals surface area (Å²) in [6.07, 6.45) is 10.1. The second kappa shape index (κ2) is 9.29. The van der Waals surface area contributed by atoms with E-state index < -0.39 is 0 Å². The highest BCUT2D eigenvalue weighted by Gasteiger charge is 2.30. The van der Waals surface area contributed by atoms with Crippen molar-refractivity contribution in [1.29, 1.82) is 0 Å². The summed E-state index contributed by atoms with van der Waals surface area (Å²) in [6.45, 7) is 2.95. The molecule has 2 fully saturated rings. The molecule has 1 saturated carbocycles. The molecule has 0 bridgehead atoms. The second-order valence-electron chi connectivity index (χ2n) is 8.82. The normalized spacial score (nSPS) is 16.8. The fraction of sp³-hybridized carbons (Fsp3) is 0.346. The summed E-state index contributed by atoms with van der Waals surface area (Å²) in [7, 11) is 3.62. The van der Waals surface area contributed by atoms with Gasteiger partial charge in [-0.3, -0.25) is 9.69 Å². The van der Waals surface area contributed by atoms with Gasteiger partial charge in [0, 0.05) is 63.1 Å². The van der Waals surface area contributed by atoms with E-state index >= 15 is 0 Å². The summed E-state index contributed by atoms with van der Waals surface area (Å²) in [5.74, 6) is 1.53. The van der Waals surface area contributed by atoms with Crippen LogP contribution in [0.25, 0.3) is 22.9 Å². The quantitative estimate of drug-likeness (QED) is 0.547. The molecule has 0 spiro atoms. The number of fused-ring (bicyclic) bond motifs is 1. The fourth-order valence-electron chi connectivity index (χ4n) is 4.11. The molecule has 3 aromatic rings. The largest absolute Gasteiger partial charge is 0.379 e. The third-order valence-electron chi connectivity index (χ3n) is 6.34. The van der Waals surface area contributed by atoms with Crippen LogP contribution in [0.2, 0.25) is 0 Å². The lowest BCUT2D eigenvalue weighted by molar-refractivity contribution is -0.117. The van der Waals surface area contributed by atoms with Crippen LogP contribution >= 0.6 is 0 Å². The number of pyridine rings is 2. The maximum Gasteiger partial charge on any atom is 0.228 e. The lowest BCUT2D eigenvalue weighted by Gasteiger charge is -2.38. The molecule has 2 aliphatic rings. The minimum absolute atomic E-state index is 0.0536. The Morgan fingerprint density at radius 3 is 2.61 bits per heavy atom. The summed E-state index contributed by atoms with van der Waals surface area (Å²) < 4.78 is 5.35. The molecule has 7 heteroatoms. The van der Waals surface area contributed by atoms with E-state index in [2.05, 4.69) is 61.9 Å². The highest BCUT2D eigenvalue weighted by molar-refractivity contribution is 6.01. The van der Waals surface area contributed by atoms with Gasteiger partial charge in [0.05, 0.1) is 6.10 Å². The van der Waals surface area contributed by atoms with E-state index in [1.165, 1.54) is 5.56 Å². The molecule has 1 aromatic carbocycles. The van der Waals surface area contributed by atoms with Crippen molar-refractivity contribution >= 4 is 40.5 Å². The molecule has 5 rings (SSSR count). The average molecular weight is 444 g/mol. The number of benzene rings is 1. The number of hydrogen-bond donors (Lipinski definition) is 2. The van der Waals surface area contributed by atoms with E-state index in [1.54, 1.807) is 13.3 Å². The Balaban J connectivity index is 1.34. The summed E-state index contributed by atoms with van der Waals surface area (Å²) in [6, 6.07) is 10.6. The summed E-state index contributed by atoms with van der Waals surface area (Å²) in [5, 5.41) is 7.98. The molecule has 1 amide bonds. The van der Waals surface area contributed by atoms with Gasteiger partial charge in [0.25, 0.3) is 0 Å². The lowest BCUT2D eigenvalue weighted by atomic mass is 10.1. The minimum Gasteiger partial charge on any atom is -0.379 e. The molecular weight excluding hydrogens is 414 g/mol. The lowest BCUT2D eigenvalue weighted by Crippen LogP contribution is -2.50.